The molecule has 0 bridgehead atoms. The molecule has 0 fully saturated rings. The van der Waals surface area contributed by atoms with Crippen LogP contribution in [0.15, 0.2) is 153 Å². The van der Waals surface area contributed by atoms with Crippen molar-refractivity contribution in [3.05, 3.63) is 153 Å². The summed E-state index contributed by atoms with van der Waals surface area (Å²) in [5.41, 5.74) is 3.93. The van der Waals surface area contributed by atoms with Gasteiger partial charge >= 0.3 is 27.2 Å². The average Bonchev–Trinajstić information content (AvgIpc) is 3.87. The van der Waals surface area contributed by atoms with Gasteiger partial charge in [-0.2, -0.15) is 0 Å². The van der Waals surface area contributed by atoms with E-state index in [-0.39, 0.29) is 24.8 Å². The third-order valence-corrected chi connectivity index (χ3v) is 5.77. The molecule has 12 heteroatoms. The van der Waals surface area contributed by atoms with Crippen molar-refractivity contribution < 1.29 is 42.4 Å². The van der Waals surface area contributed by atoms with Crippen LogP contribution in [0.25, 0.3) is 34.4 Å². The van der Waals surface area contributed by atoms with Crippen molar-refractivity contribution in [3.8, 4) is 34.4 Å². The number of nitrogens with zero attached hydrogens (tertiary/aromatic N) is 8. The minimum atomic E-state index is 0. The molecule has 2 aromatic carbocycles. The van der Waals surface area contributed by atoms with Gasteiger partial charge in [0.2, 0.25) is 0 Å². The Morgan fingerprint density at radius 2 is 0.932 bits per heavy atom. The molecule has 7 rings (SSSR count). The van der Waals surface area contributed by atoms with Crippen molar-refractivity contribution in [1.29, 1.82) is 0 Å². The SMILES string of the molecule is Cn1ccnc1.[Cl-].[Cl-].[Cl][Os].c1ccc(-n2ccnc2-c2ccccn2)cc1.c1ccc(-n2ccnc2-c2ccccn2)cc1. The van der Waals surface area contributed by atoms with Gasteiger partial charge in [0.05, 0.1) is 6.33 Å². The summed E-state index contributed by atoms with van der Waals surface area (Å²) < 4.78 is 5.95. The molecule has 0 saturated heterocycles. The van der Waals surface area contributed by atoms with Gasteiger partial charge < -0.3 is 29.4 Å². The summed E-state index contributed by atoms with van der Waals surface area (Å²) in [6.45, 7) is 0. The maximum absolute atomic E-state index is 4.67. The van der Waals surface area contributed by atoms with Crippen LogP contribution in [0.2, 0.25) is 0 Å². The summed E-state index contributed by atoms with van der Waals surface area (Å²) in [5, 5.41) is 0. The fourth-order valence-corrected chi connectivity index (χ4v) is 3.90. The molecule has 0 spiro atoms. The summed E-state index contributed by atoms with van der Waals surface area (Å²) in [4.78, 5) is 21.2. The first-order chi connectivity index (χ1) is 20.8. The van der Waals surface area contributed by atoms with Crippen LogP contribution in [0.4, 0.5) is 0 Å². The monoisotopic (exact) mass is 821 g/mol. The predicted molar refractivity (Wildman–Crippen MR) is 163 cm³/mol. The van der Waals surface area contributed by atoms with E-state index in [0.717, 1.165) is 34.4 Å². The van der Waals surface area contributed by atoms with E-state index in [1.807, 2.05) is 136 Å². The average molecular weight is 821 g/mol. The first-order valence-corrected chi connectivity index (χ1v) is 16.0. The number of halogens is 3. The third-order valence-electron chi connectivity index (χ3n) is 5.77. The third kappa shape index (κ3) is 10.3. The Morgan fingerprint density at radius 1 is 0.500 bits per heavy atom. The van der Waals surface area contributed by atoms with Crippen LogP contribution in [-0.2, 0) is 24.6 Å². The minimum absolute atomic E-state index is 0. The van der Waals surface area contributed by atoms with Gasteiger partial charge in [-0.05, 0) is 48.5 Å². The molecule has 0 aliphatic heterocycles. The molecule has 7 aromatic rings. The van der Waals surface area contributed by atoms with Gasteiger partial charge in [-0.3, -0.25) is 19.1 Å². The molecule has 5 heterocycles. The largest absolute Gasteiger partial charge is 0.299 e. The van der Waals surface area contributed by atoms with Gasteiger partial charge in [0.1, 0.15) is 11.4 Å². The Balaban J connectivity index is 0.000000238. The van der Waals surface area contributed by atoms with E-state index in [2.05, 4.69) is 34.6 Å². The molecule has 5 aromatic heterocycles. The number of benzene rings is 2. The van der Waals surface area contributed by atoms with Crippen LogP contribution < -0.4 is 24.8 Å². The molecule has 0 aliphatic rings. The molecule has 227 valence electrons. The van der Waals surface area contributed by atoms with Crippen molar-refractivity contribution in [2.45, 2.75) is 0 Å². The van der Waals surface area contributed by atoms with Crippen LogP contribution in [0.1, 0.15) is 0 Å². The molecule has 0 radical (unpaired) electrons. The molecule has 0 saturated carbocycles. The van der Waals surface area contributed by atoms with Crippen LogP contribution in [0.3, 0.4) is 0 Å². The molecule has 0 unspecified atom stereocenters. The second-order valence-electron chi connectivity index (χ2n) is 8.57. The second kappa shape index (κ2) is 19.9. The Bertz CT molecular complexity index is 1480. The fourth-order valence-electron chi connectivity index (χ4n) is 3.90. The van der Waals surface area contributed by atoms with E-state index in [4.69, 9.17) is 0 Å². The van der Waals surface area contributed by atoms with Gasteiger partial charge in [-0.25, -0.2) is 15.0 Å². The Hall–Kier alpha value is -4.12. The van der Waals surface area contributed by atoms with E-state index in [0.29, 0.717) is 0 Å². The number of hydrogen-bond acceptors (Lipinski definition) is 5. The fraction of sp³-hybridized carbons (Fsp3) is 0.0312. The normalized spacial score (nSPS) is 9.34. The zero-order valence-corrected chi connectivity index (χ0v) is 28.3. The number of hydrogen-bond donors (Lipinski definition) is 0. The second-order valence-corrected chi connectivity index (χ2v) is 8.57. The first-order valence-electron chi connectivity index (χ1n) is 12.9. The standard InChI is InChI=1S/2C14H11N3.C4H6N2.3ClH.Os/c2*1-2-6-12(7-3-1)17-11-10-16-14(17)13-8-4-5-9-15-13;1-6-3-2-5-4-6;;;;/h2*1-11H;2-4H,1H3;3*1H;/q;;;;;;+1/p-3. The summed E-state index contributed by atoms with van der Waals surface area (Å²) in [5.74, 6) is 1.72. The predicted octanol–water partition coefficient (Wildman–Crippen LogP) is 0.984. The molecule has 44 heavy (non-hydrogen) atoms. The maximum Gasteiger partial charge on any atom is 0.163 e. The van der Waals surface area contributed by atoms with Crippen molar-refractivity contribution in [2.75, 3.05) is 0 Å². The molecule has 0 aliphatic carbocycles. The zero-order valence-electron chi connectivity index (χ0n) is 23.5. The van der Waals surface area contributed by atoms with Crippen molar-refractivity contribution in [2.24, 2.45) is 7.05 Å². The van der Waals surface area contributed by atoms with Crippen LogP contribution >= 0.6 is 9.64 Å². The number of para-hydroxylation sites is 2. The van der Waals surface area contributed by atoms with E-state index in [1.165, 1.54) is 17.6 Å². The molecule has 0 amide bonds. The van der Waals surface area contributed by atoms with E-state index < -0.39 is 0 Å². The van der Waals surface area contributed by atoms with E-state index in [1.54, 1.807) is 37.3 Å². The van der Waals surface area contributed by atoms with Gasteiger partial charge in [0.25, 0.3) is 0 Å². The summed E-state index contributed by atoms with van der Waals surface area (Å²) in [7, 11) is 6.60. The van der Waals surface area contributed by atoms with Crippen molar-refractivity contribution >= 4 is 9.64 Å². The topological polar surface area (TPSA) is 79.2 Å². The van der Waals surface area contributed by atoms with E-state index in [9.17, 15) is 0 Å². The number of aromatic nitrogens is 8. The number of aryl methyl sites for hydroxylation is 1. The molecular formula is C32H28Cl3N8Os-2. The van der Waals surface area contributed by atoms with Gasteiger partial charge in [0, 0.05) is 68.0 Å². The summed E-state index contributed by atoms with van der Waals surface area (Å²) >= 11 is 1.33. The van der Waals surface area contributed by atoms with Crippen LogP contribution in [-0.4, -0.2) is 38.6 Å². The number of rotatable bonds is 4. The molecular weight excluding hydrogens is 793 g/mol. The first kappa shape index (κ1) is 36.1. The molecule has 0 N–H and O–H groups in total. The molecule has 0 atom stereocenters. The summed E-state index contributed by atoms with van der Waals surface area (Å²) in [6.07, 6.45) is 16.4. The Kier molecular flexibility index (Phi) is 16.4. The zero-order chi connectivity index (χ0) is 29.4. The van der Waals surface area contributed by atoms with Crippen LogP contribution in [0.5, 0.6) is 0 Å². The summed E-state index contributed by atoms with van der Waals surface area (Å²) in [6, 6.07) is 31.9. The molecule has 8 nitrogen and oxygen atoms in total. The quantitative estimate of drug-likeness (QED) is 0.265. The van der Waals surface area contributed by atoms with E-state index >= 15 is 0 Å². The van der Waals surface area contributed by atoms with Gasteiger partial charge in [0.15, 0.2) is 11.6 Å². The maximum atomic E-state index is 4.67. The number of imidazole rings is 3. The van der Waals surface area contributed by atoms with Crippen molar-refractivity contribution in [1.82, 2.24) is 38.6 Å². The van der Waals surface area contributed by atoms with Crippen molar-refractivity contribution in [3.63, 3.8) is 0 Å². The Morgan fingerprint density at radius 3 is 1.25 bits per heavy atom. The minimum Gasteiger partial charge on any atom is -0.299 e. The van der Waals surface area contributed by atoms with Gasteiger partial charge in [-0.15, -0.1) is 0 Å². The Labute approximate surface area is 283 Å². The number of pyridine rings is 2. The smallest absolute Gasteiger partial charge is 0.163 e. The van der Waals surface area contributed by atoms with Gasteiger partial charge in [-0.1, -0.05) is 48.5 Å². The van der Waals surface area contributed by atoms with Crippen LogP contribution in [0, 0.1) is 0 Å².